The lowest BCUT2D eigenvalue weighted by Crippen LogP contribution is -2.30. The molecule has 0 fully saturated rings. The van der Waals surface area contributed by atoms with Crippen molar-refractivity contribution in [2.24, 2.45) is 0 Å². The lowest BCUT2D eigenvalue weighted by Gasteiger charge is -2.14. The third-order valence-electron chi connectivity index (χ3n) is 3.92. The molecular weight excluding hydrogens is 358 g/mol. The molecule has 0 bridgehead atoms. The van der Waals surface area contributed by atoms with Gasteiger partial charge in [-0.15, -0.1) is 0 Å². The first-order chi connectivity index (χ1) is 13.5. The number of ether oxygens (including phenoxy) is 3. The van der Waals surface area contributed by atoms with E-state index in [2.05, 4.69) is 5.32 Å². The second-order valence-electron chi connectivity index (χ2n) is 5.98. The van der Waals surface area contributed by atoms with Crippen LogP contribution in [-0.4, -0.2) is 32.2 Å². The Kier molecular flexibility index (Phi) is 8.09. The quantitative estimate of drug-likeness (QED) is 0.530. The lowest BCUT2D eigenvalue weighted by atomic mass is 10.1. The van der Waals surface area contributed by atoms with E-state index in [1.807, 2.05) is 44.2 Å². The van der Waals surface area contributed by atoms with Gasteiger partial charge in [0, 0.05) is 6.08 Å². The maximum Gasteiger partial charge on any atom is 0.331 e. The zero-order chi connectivity index (χ0) is 20.4. The maximum absolute atomic E-state index is 11.9. The molecule has 6 nitrogen and oxygen atoms in total. The molecule has 1 atom stereocenters. The minimum atomic E-state index is -0.601. The van der Waals surface area contributed by atoms with Crippen LogP contribution in [0.15, 0.2) is 54.6 Å². The number of hydrogen-bond donors (Lipinski definition) is 1. The van der Waals surface area contributed by atoms with Crippen molar-refractivity contribution in [2.75, 3.05) is 20.3 Å². The van der Waals surface area contributed by atoms with Crippen LogP contribution in [0.5, 0.6) is 11.5 Å². The van der Waals surface area contributed by atoms with Crippen molar-refractivity contribution in [3.05, 3.63) is 65.7 Å². The third-order valence-corrected chi connectivity index (χ3v) is 3.92. The first kappa shape index (κ1) is 21.0. The highest BCUT2D eigenvalue weighted by Gasteiger charge is 2.11. The summed E-state index contributed by atoms with van der Waals surface area (Å²) in [5, 5.41) is 2.79. The molecule has 0 saturated heterocycles. The van der Waals surface area contributed by atoms with E-state index in [4.69, 9.17) is 14.2 Å². The zero-order valence-electron chi connectivity index (χ0n) is 16.3. The molecule has 0 aliphatic carbocycles. The van der Waals surface area contributed by atoms with Crippen LogP contribution in [0.1, 0.15) is 31.0 Å². The van der Waals surface area contributed by atoms with Crippen LogP contribution in [0, 0.1) is 0 Å². The molecule has 0 radical (unpaired) electrons. The van der Waals surface area contributed by atoms with Crippen LogP contribution in [0.3, 0.4) is 0 Å². The predicted octanol–water partition coefficient (Wildman–Crippen LogP) is 3.53. The van der Waals surface area contributed by atoms with Gasteiger partial charge in [0.05, 0.1) is 19.8 Å². The highest BCUT2D eigenvalue weighted by molar-refractivity contribution is 5.89. The number of carbonyl (C=O) groups excluding carboxylic acids is 2. The largest absolute Gasteiger partial charge is 0.493 e. The topological polar surface area (TPSA) is 73.9 Å². The van der Waals surface area contributed by atoms with Crippen LogP contribution >= 0.6 is 0 Å². The number of nitrogens with one attached hydrogen (secondary N) is 1. The summed E-state index contributed by atoms with van der Waals surface area (Å²) >= 11 is 0. The van der Waals surface area contributed by atoms with Crippen molar-refractivity contribution < 1.29 is 23.8 Å². The molecule has 2 rings (SSSR count). The normalized spacial score (nSPS) is 11.7. The molecule has 0 aromatic heterocycles. The van der Waals surface area contributed by atoms with Gasteiger partial charge >= 0.3 is 5.97 Å². The molecule has 0 saturated carbocycles. The Hall–Kier alpha value is -3.28. The van der Waals surface area contributed by atoms with Gasteiger partial charge < -0.3 is 19.5 Å². The third kappa shape index (κ3) is 6.46. The zero-order valence-corrected chi connectivity index (χ0v) is 16.3. The van der Waals surface area contributed by atoms with E-state index in [1.54, 1.807) is 31.4 Å². The summed E-state index contributed by atoms with van der Waals surface area (Å²) in [6.45, 7) is 3.91. The molecule has 0 spiro atoms. The lowest BCUT2D eigenvalue weighted by molar-refractivity contribution is -0.144. The van der Waals surface area contributed by atoms with Gasteiger partial charge in [0.25, 0.3) is 5.91 Å². The number of benzene rings is 2. The Morgan fingerprint density at radius 1 is 1.11 bits per heavy atom. The van der Waals surface area contributed by atoms with Gasteiger partial charge in [0.2, 0.25) is 0 Å². The number of methoxy groups -OCH3 is 1. The summed E-state index contributed by atoms with van der Waals surface area (Å²) in [6, 6.07) is 14.7. The van der Waals surface area contributed by atoms with E-state index < -0.39 is 5.97 Å². The number of esters is 1. The summed E-state index contributed by atoms with van der Waals surface area (Å²) in [5.74, 6) is 0.248. The van der Waals surface area contributed by atoms with Gasteiger partial charge in [-0.3, -0.25) is 4.79 Å². The summed E-state index contributed by atoms with van der Waals surface area (Å²) in [5.41, 5.74) is 1.73. The molecule has 0 unspecified atom stereocenters. The molecule has 2 aromatic carbocycles. The molecule has 148 valence electrons. The van der Waals surface area contributed by atoms with Crippen molar-refractivity contribution in [3.63, 3.8) is 0 Å². The summed E-state index contributed by atoms with van der Waals surface area (Å²) in [6.07, 6.45) is 2.86. The second kappa shape index (κ2) is 10.8. The first-order valence-corrected chi connectivity index (χ1v) is 9.03. The molecule has 0 aliphatic heterocycles. The van der Waals surface area contributed by atoms with Gasteiger partial charge in [-0.25, -0.2) is 4.79 Å². The Morgan fingerprint density at radius 2 is 1.86 bits per heavy atom. The fourth-order valence-electron chi connectivity index (χ4n) is 2.52. The fraction of sp³-hybridized carbons (Fsp3) is 0.273. The monoisotopic (exact) mass is 383 g/mol. The van der Waals surface area contributed by atoms with Crippen LogP contribution in [-0.2, 0) is 14.3 Å². The van der Waals surface area contributed by atoms with Crippen molar-refractivity contribution in [3.8, 4) is 11.5 Å². The molecule has 1 amide bonds. The van der Waals surface area contributed by atoms with Gasteiger partial charge in [0.1, 0.15) is 0 Å². The van der Waals surface area contributed by atoms with Crippen molar-refractivity contribution in [2.45, 2.75) is 19.9 Å². The van der Waals surface area contributed by atoms with Gasteiger partial charge in [0.15, 0.2) is 18.1 Å². The van der Waals surface area contributed by atoms with E-state index in [1.165, 1.54) is 6.08 Å². The average molecular weight is 383 g/mol. The molecule has 6 heteroatoms. The molecule has 2 aromatic rings. The highest BCUT2D eigenvalue weighted by atomic mass is 16.5. The van der Waals surface area contributed by atoms with E-state index in [0.29, 0.717) is 18.1 Å². The summed E-state index contributed by atoms with van der Waals surface area (Å²) < 4.78 is 15.7. The van der Waals surface area contributed by atoms with Crippen LogP contribution in [0.25, 0.3) is 6.08 Å². The van der Waals surface area contributed by atoms with Crippen LogP contribution in [0.4, 0.5) is 0 Å². The second-order valence-corrected chi connectivity index (χ2v) is 5.98. The molecule has 1 N–H and O–H groups in total. The summed E-state index contributed by atoms with van der Waals surface area (Å²) in [4.78, 5) is 23.8. The summed E-state index contributed by atoms with van der Waals surface area (Å²) in [7, 11) is 1.56. The van der Waals surface area contributed by atoms with Gasteiger partial charge in [-0.05, 0) is 43.2 Å². The molecule has 0 heterocycles. The minimum Gasteiger partial charge on any atom is -0.493 e. The van der Waals surface area contributed by atoms with Gasteiger partial charge in [-0.2, -0.15) is 0 Å². The van der Waals surface area contributed by atoms with Crippen molar-refractivity contribution in [1.82, 2.24) is 5.32 Å². The number of rotatable bonds is 9. The Labute approximate surface area is 165 Å². The number of hydrogen-bond acceptors (Lipinski definition) is 5. The van der Waals surface area contributed by atoms with Crippen LogP contribution in [0.2, 0.25) is 0 Å². The van der Waals surface area contributed by atoms with E-state index in [9.17, 15) is 9.59 Å². The predicted molar refractivity (Wildman–Crippen MR) is 107 cm³/mol. The van der Waals surface area contributed by atoms with E-state index in [0.717, 1.165) is 11.1 Å². The van der Waals surface area contributed by atoms with Crippen molar-refractivity contribution in [1.29, 1.82) is 0 Å². The average Bonchev–Trinajstić information content (AvgIpc) is 2.71. The Morgan fingerprint density at radius 3 is 2.54 bits per heavy atom. The van der Waals surface area contributed by atoms with E-state index in [-0.39, 0.29) is 18.6 Å². The molecule has 0 aliphatic rings. The van der Waals surface area contributed by atoms with Crippen LogP contribution < -0.4 is 14.8 Å². The number of amides is 1. The number of carbonyl (C=O) groups is 2. The minimum absolute atomic E-state index is 0.167. The molecule has 28 heavy (non-hydrogen) atoms. The van der Waals surface area contributed by atoms with Gasteiger partial charge in [-0.1, -0.05) is 36.4 Å². The van der Waals surface area contributed by atoms with Crippen molar-refractivity contribution >= 4 is 18.0 Å². The SMILES string of the molecule is CCOc1cc(/C=C/C(=O)OCC(=O)N[C@H](C)c2ccccc2)ccc1OC. The fourth-order valence-corrected chi connectivity index (χ4v) is 2.52. The highest BCUT2D eigenvalue weighted by Crippen LogP contribution is 2.28. The standard InChI is InChI=1S/C22H25NO5/c1-4-27-20-14-17(10-12-19(20)26-3)11-13-22(25)28-15-21(24)23-16(2)18-8-6-5-7-9-18/h5-14,16H,4,15H2,1-3H3,(H,23,24)/b13-11+/t16-/m1/s1. The Bertz CT molecular complexity index is 817. The molecular formula is C22H25NO5. The Balaban J connectivity index is 1.84. The smallest absolute Gasteiger partial charge is 0.331 e. The van der Waals surface area contributed by atoms with E-state index >= 15 is 0 Å². The first-order valence-electron chi connectivity index (χ1n) is 9.03. The maximum atomic E-state index is 11.9.